The number of carbonyl (C=O) groups excluding carboxylic acids is 2. The fourth-order valence-corrected chi connectivity index (χ4v) is 7.41. The molecule has 1 amide bonds. The Bertz CT molecular complexity index is 1180. The molecule has 0 rings (SSSR count). The van der Waals surface area contributed by atoms with Crippen LogP contribution in [0.1, 0.15) is 219 Å². The van der Waals surface area contributed by atoms with Crippen LogP contribution in [-0.2, 0) is 27.9 Å². The Balaban J connectivity index is 3.62. The van der Waals surface area contributed by atoms with Crippen LogP contribution >= 0.6 is 7.82 Å². The zero-order valence-electron chi connectivity index (χ0n) is 39.1. The van der Waals surface area contributed by atoms with Crippen LogP contribution in [0.4, 0.5) is 0 Å². The van der Waals surface area contributed by atoms with Gasteiger partial charge in [-0.1, -0.05) is 184 Å². The molecule has 0 radical (unpaired) electrons. The Kier molecular flexibility index (Phi) is 45.4. The molecule has 2 atom stereocenters. The van der Waals surface area contributed by atoms with E-state index in [4.69, 9.17) is 13.8 Å². The van der Waals surface area contributed by atoms with Gasteiger partial charge in [0.05, 0.1) is 13.2 Å². The van der Waals surface area contributed by atoms with E-state index in [1.807, 2.05) is 0 Å². The first-order valence-electron chi connectivity index (χ1n) is 24.8. The summed E-state index contributed by atoms with van der Waals surface area (Å²) in [4.78, 5) is 34.0. The Hall–Kier alpha value is -2.29. The molecule has 9 nitrogen and oxygen atoms in total. The first-order valence-corrected chi connectivity index (χ1v) is 26.3. The quantitative estimate of drug-likeness (QED) is 0.0238. The van der Waals surface area contributed by atoms with Crippen LogP contribution in [0.2, 0.25) is 0 Å². The number of unbranched alkanes of at least 4 members (excludes halogenated alkanes) is 23. The summed E-state index contributed by atoms with van der Waals surface area (Å²) in [5.41, 5.74) is 0. The molecule has 0 spiro atoms. The minimum Gasteiger partial charge on any atom is -0.463 e. The van der Waals surface area contributed by atoms with Gasteiger partial charge in [0.2, 0.25) is 5.91 Å². The highest BCUT2D eigenvalue weighted by Gasteiger charge is 2.23. The lowest BCUT2D eigenvalue weighted by molar-refractivity contribution is -0.147. The van der Waals surface area contributed by atoms with E-state index < -0.39 is 26.5 Å². The molecule has 0 aromatic heterocycles. The van der Waals surface area contributed by atoms with Crippen molar-refractivity contribution < 1.29 is 37.9 Å². The smallest absolute Gasteiger partial charge is 0.463 e. The van der Waals surface area contributed by atoms with E-state index in [0.717, 1.165) is 64.2 Å². The molecule has 0 aliphatic heterocycles. The Morgan fingerprint density at radius 3 is 1.39 bits per heavy atom. The van der Waals surface area contributed by atoms with Crippen LogP contribution in [0.5, 0.6) is 0 Å². The molecule has 61 heavy (non-hydrogen) atoms. The van der Waals surface area contributed by atoms with E-state index in [1.165, 1.54) is 128 Å². The third-order valence-corrected chi connectivity index (χ3v) is 11.4. The average Bonchev–Trinajstić information content (AvgIpc) is 3.25. The Labute approximate surface area is 374 Å². The van der Waals surface area contributed by atoms with Gasteiger partial charge in [0, 0.05) is 19.4 Å². The molecule has 0 aromatic carbocycles. The number of carbonyl (C=O) groups is 2. The summed E-state index contributed by atoms with van der Waals surface area (Å²) >= 11 is 0. The van der Waals surface area contributed by atoms with E-state index in [2.05, 4.69) is 79.9 Å². The van der Waals surface area contributed by atoms with Gasteiger partial charge in [0.1, 0.15) is 12.7 Å². The zero-order valence-corrected chi connectivity index (χ0v) is 40.0. The van der Waals surface area contributed by atoms with Crippen molar-refractivity contribution in [3.8, 4) is 0 Å². The molecule has 0 aromatic rings. The second-order valence-corrected chi connectivity index (χ2v) is 17.9. The van der Waals surface area contributed by atoms with Gasteiger partial charge in [0.15, 0.2) is 0 Å². The van der Waals surface area contributed by atoms with Crippen molar-refractivity contribution in [1.29, 1.82) is 0 Å². The van der Waals surface area contributed by atoms with Gasteiger partial charge in [-0.2, -0.15) is 0 Å². The molecule has 0 fully saturated rings. The molecule has 0 heterocycles. The molecule has 0 bridgehead atoms. The molecule has 3 N–H and O–H groups in total. The van der Waals surface area contributed by atoms with Crippen molar-refractivity contribution in [2.24, 2.45) is 0 Å². The lowest BCUT2D eigenvalue weighted by atomic mass is 10.0. The number of rotatable bonds is 46. The first kappa shape index (κ1) is 58.7. The maximum atomic E-state index is 12.1. The fourth-order valence-electron chi connectivity index (χ4n) is 6.65. The van der Waals surface area contributed by atoms with E-state index in [1.54, 1.807) is 0 Å². The van der Waals surface area contributed by atoms with Crippen LogP contribution < -0.4 is 5.32 Å². The van der Waals surface area contributed by atoms with E-state index >= 15 is 0 Å². The maximum Gasteiger partial charge on any atom is 0.472 e. The first-order chi connectivity index (χ1) is 29.8. The largest absolute Gasteiger partial charge is 0.472 e. The summed E-state index contributed by atoms with van der Waals surface area (Å²) in [6, 6.07) is 0. The molecule has 10 heteroatoms. The lowest BCUT2D eigenvalue weighted by Crippen LogP contribution is -2.27. The molecule has 2 unspecified atom stereocenters. The molecule has 0 saturated heterocycles. The van der Waals surface area contributed by atoms with Crippen molar-refractivity contribution in [2.75, 3.05) is 26.4 Å². The summed E-state index contributed by atoms with van der Waals surface area (Å²) in [7, 11) is -4.43. The summed E-state index contributed by atoms with van der Waals surface area (Å²) in [5.74, 6) is -0.547. The fraction of sp³-hybridized carbons (Fsp3) is 0.765. The highest BCUT2D eigenvalue weighted by molar-refractivity contribution is 7.47. The number of esters is 1. The van der Waals surface area contributed by atoms with Gasteiger partial charge in [-0.25, -0.2) is 4.57 Å². The second-order valence-electron chi connectivity index (χ2n) is 16.4. The van der Waals surface area contributed by atoms with Gasteiger partial charge >= 0.3 is 13.8 Å². The standard InChI is InChI=1S/C51H92NO8P/c1-3-5-7-9-11-13-15-17-19-21-23-24-26-28-30-32-34-36-38-40-42-44-51(55)58-47-49(53)48-60-61(56,57)59-46-45-52-50(54)43-41-39-37-35-33-31-29-27-25-22-20-18-16-14-12-10-8-6-4-2/h12,14,17-20,25,27,31,33,49,53H,3-11,13,15-16,21-24,26,28-30,32,34-48H2,1-2H3,(H,52,54)(H,56,57)/b14-12-,19-17+,20-18-,27-25-,33-31-. The third-order valence-electron chi connectivity index (χ3n) is 10.4. The number of ether oxygens (including phenoxy) is 1. The molecule has 0 aliphatic rings. The van der Waals surface area contributed by atoms with Crippen LogP contribution in [0.3, 0.4) is 0 Å². The van der Waals surface area contributed by atoms with Crippen LogP contribution in [0.25, 0.3) is 0 Å². The number of phosphoric ester groups is 1. The number of aliphatic hydroxyl groups excluding tert-OH is 1. The van der Waals surface area contributed by atoms with Gasteiger partial charge in [-0.05, 0) is 83.5 Å². The highest BCUT2D eigenvalue weighted by Crippen LogP contribution is 2.42. The second kappa shape index (κ2) is 47.2. The van der Waals surface area contributed by atoms with Crippen LogP contribution in [0.15, 0.2) is 60.8 Å². The molecule has 0 aliphatic carbocycles. The number of hydrogen-bond donors (Lipinski definition) is 3. The predicted octanol–water partition coefficient (Wildman–Crippen LogP) is 14.4. The number of nitrogens with one attached hydrogen (secondary N) is 1. The normalized spacial score (nSPS) is 13.7. The summed E-state index contributed by atoms with van der Waals surface area (Å²) in [6.45, 7) is 3.50. The van der Waals surface area contributed by atoms with E-state index in [-0.39, 0.29) is 32.1 Å². The predicted molar refractivity (Wildman–Crippen MR) is 256 cm³/mol. The Morgan fingerprint density at radius 2 is 0.885 bits per heavy atom. The minimum atomic E-state index is -4.43. The van der Waals surface area contributed by atoms with Gasteiger partial charge < -0.3 is 20.1 Å². The summed E-state index contributed by atoms with van der Waals surface area (Å²) in [5, 5.41) is 12.7. The molecular formula is C51H92NO8P. The van der Waals surface area contributed by atoms with Gasteiger partial charge in [0.25, 0.3) is 0 Å². The topological polar surface area (TPSA) is 131 Å². The van der Waals surface area contributed by atoms with E-state index in [9.17, 15) is 24.2 Å². The van der Waals surface area contributed by atoms with E-state index in [0.29, 0.717) is 6.42 Å². The minimum absolute atomic E-state index is 0.0625. The molecular weight excluding hydrogens is 786 g/mol. The van der Waals surface area contributed by atoms with Crippen molar-refractivity contribution >= 4 is 19.7 Å². The number of allylic oxidation sites excluding steroid dienone is 10. The number of phosphoric acid groups is 1. The number of hydrogen-bond acceptors (Lipinski definition) is 7. The van der Waals surface area contributed by atoms with Crippen LogP contribution in [-0.4, -0.2) is 54.3 Å². The van der Waals surface area contributed by atoms with Crippen LogP contribution in [0, 0.1) is 0 Å². The van der Waals surface area contributed by atoms with Crippen molar-refractivity contribution in [2.45, 2.75) is 225 Å². The summed E-state index contributed by atoms with van der Waals surface area (Å²) < 4.78 is 27.0. The van der Waals surface area contributed by atoms with Gasteiger partial charge in [-0.15, -0.1) is 0 Å². The van der Waals surface area contributed by atoms with Crippen molar-refractivity contribution in [3.63, 3.8) is 0 Å². The lowest BCUT2D eigenvalue weighted by Gasteiger charge is -2.15. The molecule has 0 saturated carbocycles. The van der Waals surface area contributed by atoms with Crippen molar-refractivity contribution in [3.05, 3.63) is 60.8 Å². The number of aliphatic hydroxyl groups is 1. The molecule has 354 valence electrons. The highest BCUT2D eigenvalue weighted by atomic mass is 31.2. The zero-order chi connectivity index (χ0) is 44.6. The Morgan fingerprint density at radius 1 is 0.508 bits per heavy atom. The monoisotopic (exact) mass is 878 g/mol. The van der Waals surface area contributed by atoms with Crippen molar-refractivity contribution in [1.82, 2.24) is 5.32 Å². The third kappa shape index (κ3) is 48.6. The maximum absolute atomic E-state index is 12.1. The van der Waals surface area contributed by atoms with Gasteiger partial charge in [-0.3, -0.25) is 18.6 Å². The SMILES string of the molecule is CCCCC/C=C\C/C=C\C/C=C\C/C=C\CCCCCC(=O)NCCOP(=O)(O)OCC(O)COC(=O)CCCCCCCCCCCCC/C=C/CCCCCCCC. The average molecular weight is 878 g/mol. The summed E-state index contributed by atoms with van der Waals surface area (Å²) in [6.07, 6.45) is 57.3. The number of amides is 1.